The molecule has 6 heteroatoms. The van der Waals surface area contributed by atoms with Crippen molar-refractivity contribution in [2.75, 3.05) is 37.7 Å². The van der Waals surface area contributed by atoms with Gasteiger partial charge in [0.15, 0.2) is 0 Å². The van der Waals surface area contributed by atoms with E-state index in [2.05, 4.69) is 59.9 Å². The second-order valence-corrected chi connectivity index (χ2v) is 8.16. The normalized spacial score (nSPS) is 21.7. The fourth-order valence-corrected chi connectivity index (χ4v) is 4.37. The predicted molar refractivity (Wildman–Crippen MR) is 120 cm³/mol. The van der Waals surface area contributed by atoms with Crippen LogP contribution in [0.15, 0.2) is 42.5 Å². The first-order valence-corrected chi connectivity index (χ1v) is 10.9. The molecule has 6 nitrogen and oxygen atoms in total. The fraction of sp³-hybridized carbons (Fsp3) is 0.458. The van der Waals surface area contributed by atoms with Crippen LogP contribution in [0.25, 0.3) is 0 Å². The summed E-state index contributed by atoms with van der Waals surface area (Å²) in [5, 5.41) is 0. The molecule has 2 heterocycles. The van der Waals surface area contributed by atoms with E-state index in [0.29, 0.717) is 6.61 Å². The number of piperazine rings is 1. The van der Waals surface area contributed by atoms with E-state index in [1.807, 2.05) is 24.0 Å². The highest BCUT2D eigenvalue weighted by Crippen LogP contribution is 2.27. The van der Waals surface area contributed by atoms with E-state index in [1.165, 1.54) is 22.4 Å². The first-order chi connectivity index (χ1) is 14.6. The summed E-state index contributed by atoms with van der Waals surface area (Å²) in [6.07, 6.45) is 0.754. The summed E-state index contributed by atoms with van der Waals surface area (Å²) < 4.78 is 5.52. The van der Waals surface area contributed by atoms with Crippen LogP contribution in [0.3, 0.4) is 0 Å². The van der Waals surface area contributed by atoms with Crippen LogP contribution < -0.4 is 20.5 Å². The van der Waals surface area contributed by atoms with Crippen molar-refractivity contribution in [1.29, 1.82) is 0 Å². The van der Waals surface area contributed by atoms with Gasteiger partial charge in [-0.05, 0) is 62.1 Å². The van der Waals surface area contributed by atoms with Gasteiger partial charge in [0.2, 0.25) is 5.91 Å². The highest BCUT2D eigenvalue weighted by atomic mass is 16.5. The van der Waals surface area contributed by atoms with E-state index in [9.17, 15) is 4.79 Å². The van der Waals surface area contributed by atoms with Gasteiger partial charge >= 0.3 is 0 Å². The van der Waals surface area contributed by atoms with Crippen LogP contribution in [0.1, 0.15) is 36.1 Å². The lowest BCUT2D eigenvalue weighted by Crippen LogP contribution is -2.53. The molecular formula is C24H32N4O2. The number of aryl methyl sites for hydroxylation is 1. The fourth-order valence-electron chi connectivity index (χ4n) is 4.37. The standard InChI is InChI=1S/C24H32N4O2/c1-4-30-20-10-8-19(9-11-20)21-16-22(26-25-21)24(29)28-14-12-27(13-15-28)23-7-5-6-17(2)18(23)3/h5-11,21-22,25-26H,4,12-16H2,1-3H3. The van der Waals surface area contributed by atoms with Gasteiger partial charge in [-0.1, -0.05) is 24.3 Å². The van der Waals surface area contributed by atoms with Crippen molar-refractivity contribution in [2.45, 2.75) is 39.3 Å². The average molecular weight is 409 g/mol. The highest BCUT2D eigenvalue weighted by Gasteiger charge is 2.34. The van der Waals surface area contributed by atoms with E-state index in [-0.39, 0.29) is 18.0 Å². The van der Waals surface area contributed by atoms with Crippen LogP contribution in [0.5, 0.6) is 5.75 Å². The molecule has 2 unspecified atom stereocenters. The third kappa shape index (κ3) is 4.30. The Bertz CT molecular complexity index is 875. The van der Waals surface area contributed by atoms with Crippen molar-refractivity contribution in [3.63, 3.8) is 0 Å². The second kappa shape index (κ2) is 9.06. The van der Waals surface area contributed by atoms with Crippen LogP contribution >= 0.6 is 0 Å². The summed E-state index contributed by atoms with van der Waals surface area (Å²) in [5.41, 5.74) is 11.6. The molecule has 4 rings (SSSR count). The lowest BCUT2D eigenvalue weighted by molar-refractivity contribution is -0.133. The number of carbonyl (C=O) groups excluding carboxylic acids is 1. The Morgan fingerprint density at radius 3 is 2.47 bits per heavy atom. The van der Waals surface area contributed by atoms with Crippen molar-refractivity contribution >= 4 is 11.6 Å². The van der Waals surface area contributed by atoms with Crippen molar-refractivity contribution in [2.24, 2.45) is 0 Å². The number of ether oxygens (including phenoxy) is 1. The summed E-state index contributed by atoms with van der Waals surface area (Å²) in [5.74, 6) is 1.07. The molecule has 0 radical (unpaired) electrons. The quantitative estimate of drug-likeness (QED) is 0.797. The van der Waals surface area contributed by atoms with E-state index in [0.717, 1.165) is 38.3 Å². The number of hydrogen-bond donors (Lipinski definition) is 2. The zero-order valence-corrected chi connectivity index (χ0v) is 18.1. The number of nitrogens with zero attached hydrogens (tertiary/aromatic N) is 2. The molecule has 0 bridgehead atoms. The minimum Gasteiger partial charge on any atom is -0.494 e. The SMILES string of the molecule is CCOc1ccc(C2CC(C(=O)N3CCN(c4cccc(C)c4C)CC3)NN2)cc1. The molecule has 2 saturated heterocycles. The number of hydrazine groups is 1. The maximum Gasteiger partial charge on any atom is 0.241 e. The highest BCUT2D eigenvalue weighted by molar-refractivity contribution is 5.82. The number of rotatable bonds is 5. The first kappa shape index (κ1) is 20.7. The summed E-state index contributed by atoms with van der Waals surface area (Å²) >= 11 is 0. The lowest BCUT2D eigenvalue weighted by Gasteiger charge is -2.38. The molecule has 0 spiro atoms. The van der Waals surface area contributed by atoms with Crippen LogP contribution in [0, 0.1) is 13.8 Å². The van der Waals surface area contributed by atoms with Crippen LogP contribution in [0.4, 0.5) is 5.69 Å². The van der Waals surface area contributed by atoms with Gasteiger partial charge < -0.3 is 14.5 Å². The number of benzene rings is 2. The number of nitrogens with one attached hydrogen (secondary N) is 2. The zero-order chi connectivity index (χ0) is 21.1. The van der Waals surface area contributed by atoms with Crippen molar-refractivity contribution in [3.05, 3.63) is 59.2 Å². The van der Waals surface area contributed by atoms with Gasteiger partial charge in [-0.25, -0.2) is 10.9 Å². The molecule has 2 N–H and O–H groups in total. The Kier molecular flexibility index (Phi) is 6.25. The molecule has 2 fully saturated rings. The van der Waals surface area contributed by atoms with Gasteiger partial charge in [0.25, 0.3) is 0 Å². The van der Waals surface area contributed by atoms with Crippen molar-refractivity contribution in [3.8, 4) is 5.75 Å². The Hall–Kier alpha value is -2.57. The molecule has 0 aromatic heterocycles. The first-order valence-electron chi connectivity index (χ1n) is 10.9. The van der Waals surface area contributed by atoms with Gasteiger partial charge in [-0.15, -0.1) is 0 Å². The third-order valence-corrected chi connectivity index (χ3v) is 6.30. The molecule has 0 aliphatic carbocycles. The summed E-state index contributed by atoms with van der Waals surface area (Å²) in [6, 6.07) is 14.5. The summed E-state index contributed by atoms with van der Waals surface area (Å²) in [6.45, 7) is 10.2. The third-order valence-electron chi connectivity index (χ3n) is 6.30. The molecule has 0 saturated carbocycles. The van der Waals surface area contributed by atoms with Crippen LogP contribution in [-0.4, -0.2) is 49.6 Å². The van der Waals surface area contributed by atoms with Crippen LogP contribution in [0.2, 0.25) is 0 Å². The molecule has 2 aromatic rings. The van der Waals surface area contributed by atoms with Gasteiger partial charge in [0.05, 0.1) is 6.61 Å². The van der Waals surface area contributed by atoms with E-state index in [4.69, 9.17) is 4.74 Å². The van der Waals surface area contributed by atoms with E-state index < -0.39 is 0 Å². The van der Waals surface area contributed by atoms with Gasteiger partial charge in [-0.2, -0.15) is 0 Å². The maximum atomic E-state index is 13.1. The van der Waals surface area contributed by atoms with Crippen molar-refractivity contribution in [1.82, 2.24) is 15.8 Å². The number of anilines is 1. The summed E-state index contributed by atoms with van der Waals surface area (Å²) in [4.78, 5) is 17.5. The zero-order valence-electron chi connectivity index (χ0n) is 18.1. The minimum atomic E-state index is -0.186. The molecule has 2 aliphatic heterocycles. The number of carbonyl (C=O) groups is 1. The van der Waals surface area contributed by atoms with Gasteiger partial charge in [0, 0.05) is 37.9 Å². The Morgan fingerprint density at radius 1 is 1.03 bits per heavy atom. The Balaban J connectivity index is 1.32. The molecule has 1 amide bonds. The molecule has 160 valence electrons. The van der Waals surface area contributed by atoms with Crippen molar-refractivity contribution < 1.29 is 9.53 Å². The number of hydrogen-bond acceptors (Lipinski definition) is 5. The average Bonchev–Trinajstić information content (AvgIpc) is 3.26. The molecule has 2 atom stereocenters. The lowest BCUT2D eigenvalue weighted by atomic mass is 10.0. The largest absolute Gasteiger partial charge is 0.494 e. The molecule has 2 aromatic carbocycles. The van der Waals surface area contributed by atoms with E-state index >= 15 is 0 Å². The molecule has 30 heavy (non-hydrogen) atoms. The molecule has 2 aliphatic rings. The smallest absolute Gasteiger partial charge is 0.241 e. The van der Waals surface area contributed by atoms with E-state index in [1.54, 1.807) is 0 Å². The minimum absolute atomic E-state index is 0.130. The molecular weight excluding hydrogens is 376 g/mol. The Labute approximate surface area is 179 Å². The van der Waals surface area contributed by atoms with Crippen LogP contribution in [-0.2, 0) is 4.79 Å². The van der Waals surface area contributed by atoms with Gasteiger partial charge in [0.1, 0.15) is 11.8 Å². The Morgan fingerprint density at radius 2 is 1.77 bits per heavy atom. The van der Waals surface area contributed by atoms with Gasteiger partial charge in [-0.3, -0.25) is 4.79 Å². The monoisotopic (exact) mass is 408 g/mol. The maximum absolute atomic E-state index is 13.1. The second-order valence-electron chi connectivity index (χ2n) is 8.16. The number of amides is 1. The topological polar surface area (TPSA) is 56.8 Å². The summed E-state index contributed by atoms with van der Waals surface area (Å²) in [7, 11) is 0. The predicted octanol–water partition coefficient (Wildman–Crippen LogP) is 2.96.